The lowest BCUT2D eigenvalue weighted by atomic mass is 9.84. The van der Waals surface area contributed by atoms with Gasteiger partial charge in [0.05, 0.1) is 0 Å². The van der Waals surface area contributed by atoms with Gasteiger partial charge in [0.15, 0.2) is 5.78 Å². The first kappa shape index (κ1) is 16.1. The number of hydrogen-bond acceptors (Lipinski definition) is 3. The predicted molar refractivity (Wildman–Crippen MR) is 95.9 cm³/mol. The van der Waals surface area contributed by atoms with Crippen LogP contribution >= 0.6 is 0 Å². The van der Waals surface area contributed by atoms with Crippen LogP contribution in [0.5, 0.6) is 0 Å². The molecular weight excluding hydrogens is 284 g/mol. The van der Waals surface area contributed by atoms with Crippen molar-refractivity contribution in [3.05, 3.63) is 35.4 Å². The number of hydrogen-bond donors (Lipinski definition) is 2. The summed E-state index contributed by atoms with van der Waals surface area (Å²) >= 11 is 0. The molecule has 1 aliphatic carbocycles. The second-order valence-electron chi connectivity index (χ2n) is 7.75. The first-order chi connectivity index (χ1) is 10.9. The van der Waals surface area contributed by atoms with Crippen LogP contribution < -0.4 is 11.1 Å². The summed E-state index contributed by atoms with van der Waals surface area (Å²) in [5.74, 6) is 0.474. The van der Waals surface area contributed by atoms with Crippen molar-refractivity contribution in [2.24, 2.45) is 5.92 Å². The van der Waals surface area contributed by atoms with Crippen LogP contribution in [0.4, 0.5) is 5.69 Å². The fourth-order valence-electron chi connectivity index (χ4n) is 3.89. The molecule has 3 rings (SSSR count). The number of benzene rings is 1. The number of nitrogen functional groups attached to an aromatic ring is 1. The van der Waals surface area contributed by atoms with Gasteiger partial charge in [0.25, 0.3) is 0 Å². The fraction of sp³-hybridized carbons (Fsp3) is 0.550. The molecule has 3 heteroatoms. The number of allylic oxidation sites excluding steroid dienone is 1. The third kappa shape index (κ3) is 3.77. The highest BCUT2D eigenvalue weighted by atomic mass is 16.1. The van der Waals surface area contributed by atoms with E-state index >= 15 is 0 Å². The van der Waals surface area contributed by atoms with E-state index in [4.69, 9.17) is 5.73 Å². The van der Waals surface area contributed by atoms with E-state index in [0.717, 1.165) is 36.2 Å². The summed E-state index contributed by atoms with van der Waals surface area (Å²) in [7, 11) is 0. The minimum absolute atomic E-state index is 0.0430. The molecule has 2 aliphatic rings. The average molecular weight is 312 g/mol. The summed E-state index contributed by atoms with van der Waals surface area (Å²) < 4.78 is 0. The third-order valence-electron chi connectivity index (χ3n) is 5.07. The van der Waals surface area contributed by atoms with E-state index in [1.807, 2.05) is 18.2 Å². The summed E-state index contributed by atoms with van der Waals surface area (Å²) in [4.78, 5) is 12.8. The van der Waals surface area contributed by atoms with E-state index in [1.54, 1.807) is 0 Å². The Kier molecular flexibility index (Phi) is 4.47. The number of nitrogens with one attached hydrogen (secondary N) is 1. The quantitative estimate of drug-likeness (QED) is 0.491. The van der Waals surface area contributed by atoms with Crippen LogP contribution in [-0.4, -0.2) is 11.3 Å². The Morgan fingerprint density at radius 2 is 1.91 bits per heavy atom. The van der Waals surface area contributed by atoms with Crippen molar-refractivity contribution in [3.8, 4) is 0 Å². The second kappa shape index (κ2) is 6.38. The standard InChI is InChI=1S/C20H28N2O/c1-20(2)13-15-9-10-16(21)11-17(15)18(22-20)12-19(23)14-7-5-3-4-6-8-14/h9-12,14,22H,3-8,13,21H2,1-2H3. The maximum atomic E-state index is 12.8. The van der Waals surface area contributed by atoms with Crippen molar-refractivity contribution >= 4 is 17.2 Å². The topological polar surface area (TPSA) is 55.1 Å². The van der Waals surface area contributed by atoms with Gasteiger partial charge in [-0.2, -0.15) is 0 Å². The van der Waals surface area contributed by atoms with Crippen LogP contribution in [0.3, 0.4) is 0 Å². The zero-order valence-electron chi connectivity index (χ0n) is 14.3. The van der Waals surface area contributed by atoms with Crippen molar-refractivity contribution in [2.45, 2.75) is 64.3 Å². The summed E-state index contributed by atoms with van der Waals surface area (Å²) in [6.07, 6.45) is 9.76. The lowest BCUT2D eigenvalue weighted by molar-refractivity contribution is -0.118. The maximum absolute atomic E-state index is 12.8. The Bertz CT molecular complexity index is 623. The number of ketones is 1. The molecule has 0 bridgehead atoms. The normalized spacial score (nSPS) is 23.0. The van der Waals surface area contributed by atoms with Crippen molar-refractivity contribution in [1.82, 2.24) is 5.32 Å². The Morgan fingerprint density at radius 1 is 1.22 bits per heavy atom. The van der Waals surface area contributed by atoms with Gasteiger partial charge in [-0.25, -0.2) is 0 Å². The Labute approximate surface area is 139 Å². The molecule has 1 saturated carbocycles. The number of carbonyl (C=O) groups is 1. The van der Waals surface area contributed by atoms with Gasteiger partial charge >= 0.3 is 0 Å². The van der Waals surface area contributed by atoms with Crippen molar-refractivity contribution in [3.63, 3.8) is 0 Å². The number of rotatable bonds is 2. The Hall–Kier alpha value is -1.77. The minimum Gasteiger partial charge on any atom is -0.399 e. The molecule has 124 valence electrons. The molecule has 3 nitrogen and oxygen atoms in total. The Morgan fingerprint density at radius 3 is 2.61 bits per heavy atom. The van der Waals surface area contributed by atoms with Gasteiger partial charge in [-0.1, -0.05) is 31.7 Å². The molecule has 0 radical (unpaired) electrons. The van der Waals surface area contributed by atoms with Gasteiger partial charge in [0, 0.05) is 34.5 Å². The molecule has 1 aliphatic heterocycles. The lowest BCUT2D eigenvalue weighted by Gasteiger charge is -2.36. The summed E-state index contributed by atoms with van der Waals surface area (Å²) in [5, 5.41) is 3.55. The first-order valence-corrected chi connectivity index (χ1v) is 8.87. The van der Waals surface area contributed by atoms with Gasteiger partial charge < -0.3 is 11.1 Å². The molecule has 1 fully saturated rings. The molecule has 1 aromatic carbocycles. The number of anilines is 1. The highest BCUT2D eigenvalue weighted by molar-refractivity contribution is 5.98. The molecule has 0 unspecified atom stereocenters. The lowest BCUT2D eigenvalue weighted by Crippen LogP contribution is -2.44. The molecule has 3 N–H and O–H groups in total. The van der Waals surface area contributed by atoms with Gasteiger partial charge in [0.2, 0.25) is 0 Å². The average Bonchev–Trinajstić information content (AvgIpc) is 2.76. The summed E-state index contributed by atoms with van der Waals surface area (Å²) in [6.45, 7) is 4.35. The third-order valence-corrected chi connectivity index (χ3v) is 5.07. The van der Waals surface area contributed by atoms with Crippen molar-refractivity contribution in [2.75, 3.05) is 5.73 Å². The number of carbonyl (C=O) groups excluding carboxylic acids is 1. The van der Waals surface area contributed by atoms with Crippen LogP contribution in [0, 0.1) is 5.92 Å². The van der Waals surface area contributed by atoms with Crippen LogP contribution in [0.1, 0.15) is 63.5 Å². The van der Waals surface area contributed by atoms with Crippen molar-refractivity contribution in [1.29, 1.82) is 0 Å². The molecule has 0 spiro atoms. The molecule has 0 atom stereocenters. The van der Waals surface area contributed by atoms with Crippen LogP contribution in [0.25, 0.3) is 5.70 Å². The van der Waals surface area contributed by atoms with Gasteiger partial charge in [-0.05, 0) is 50.8 Å². The highest BCUT2D eigenvalue weighted by Crippen LogP contribution is 2.32. The predicted octanol–water partition coefficient (Wildman–Crippen LogP) is 4.07. The fourth-order valence-corrected chi connectivity index (χ4v) is 3.89. The molecule has 1 heterocycles. The Balaban J connectivity index is 1.91. The van der Waals surface area contributed by atoms with Crippen LogP contribution in [0.15, 0.2) is 24.3 Å². The molecule has 0 amide bonds. The van der Waals surface area contributed by atoms with Crippen molar-refractivity contribution < 1.29 is 4.79 Å². The molecular formula is C20H28N2O. The van der Waals surface area contributed by atoms with E-state index in [2.05, 4.69) is 25.2 Å². The van der Waals surface area contributed by atoms with E-state index < -0.39 is 0 Å². The molecule has 23 heavy (non-hydrogen) atoms. The number of fused-ring (bicyclic) bond motifs is 1. The van der Waals surface area contributed by atoms with E-state index in [1.165, 1.54) is 31.2 Å². The van der Waals surface area contributed by atoms with E-state index in [0.29, 0.717) is 0 Å². The summed E-state index contributed by atoms with van der Waals surface area (Å²) in [6, 6.07) is 6.03. The van der Waals surface area contributed by atoms with Crippen LogP contribution in [0.2, 0.25) is 0 Å². The van der Waals surface area contributed by atoms with E-state index in [9.17, 15) is 4.79 Å². The van der Waals surface area contributed by atoms with Gasteiger partial charge in [0.1, 0.15) is 0 Å². The maximum Gasteiger partial charge on any atom is 0.160 e. The number of nitrogens with two attached hydrogens (primary N) is 1. The zero-order chi connectivity index (χ0) is 16.4. The van der Waals surface area contributed by atoms with E-state index in [-0.39, 0.29) is 17.2 Å². The molecule has 0 aromatic heterocycles. The second-order valence-corrected chi connectivity index (χ2v) is 7.75. The SMILES string of the molecule is CC1(C)Cc2ccc(N)cc2C(=CC(=O)C2CCCCCC2)N1. The summed E-state index contributed by atoms with van der Waals surface area (Å²) in [5.41, 5.74) is 9.97. The van der Waals surface area contributed by atoms with Gasteiger partial charge in [-0.15, -0.1) is 0 Å². The van der Waals surface area contributed by atoms with Crippen LogP contribution in [-0.2, 0) is 11.2 Å². The minimum atomic E-state index is -0.0430. The first-order valence-electron chi connectivity index (χ1n) is 8.87. The largest absolute Gasteiger partial charge is 0.399 e. The zero-order valence-corrected chi connectivity index (χ0v) is 14.3. The van der Waals surface area contributed by atoms with Gasteiger partial charge in [-0.3, -0.25) is 4.79 Å². The highest BCUT2D eigenvalue weighted by Gasteiger charge is 2.29. The monoisotopic (exact) mass is 312 g/mol. The molecule has 0 saturated heterocycles. The molecule has 1 aromatic rings. The smallest absolute Gasteiger partial charge is 0.160 e.